The molecule has 1 atom stereocenters. The number of pyridine rings is 1. The Bertz CT molecular complexity index is 453. The van der Waals surface area contributed by atoms with Crippen molar-refractivity contribution in [3.63, 3.8) is 0 Å². The van der Waals surface area contributed by atoms with Crippen LogP contribution in [0.2, 0.25) is 0 Å². The summed E-state index contributed by atoms with van der Waals surface area (Å²) in [6.45, 7) is 3.12. The number of anilines is 1. The van der Waals surface area contributed by atoms with Crippen LogP contribution in [-0.4, -0.2) is 11.5 Å². The normalized spacial score (nSPS) is 12.5. The number of nitrogen functional groups attached to an aromatic ring is 1. The van der Waals surface area contributed by atoms with E-state index in [0.717, 1.165) is 18.5 Å². The molecule has 2 rings (SSSR count). The lowest BCUT2D eigenvalue weighted by molar-refractivity contribution is 0.600. The first-order valence-corrected chi connectivity index (χ1v) is 6.73. The van der Waals surface area contributed by atoms with Crippen molar-refractivity contribution in [2.75, 3.05) is 12.3 Å². The van der Waals surface area contributed by atoms with Gasteiger partial charge in [0.15, 0.2) is 0 Å². The van der Waals surface area contributed by atoms with Gasteiger partial charge >= 0.3 is 0 Å². The number of nitrogens with one attached hydrogen (secondary N) is 1. The van der Waals surface area contributed by atoms with Gasteiger partial charge in [0.2, 0.25) is 0 Å². The molecule has 3 N–H and O–H groups in total. The maximum Gasteiger partial charge on any atom is 0.128 e. The van der Waals surface area contributed by atoms with Gasteiger partial charge < -0.3 is 11.1 Å². The van der Waals surface area contributed by atoms with Crippen molar-refractivity contribution < 1.29 is 0 Å². The molecule has 0 saturated heterocycles. The molecule has 2 aromatic rings. The Labute approximate surface area is 106 Å². The number of aromatic nitrogens is 1. The van der Waals surface area contributed by atoms with Crippen molar-refractivity contribution >= 4 is 17.2 Å². The molecule has 0 aliphatic carbocycles. The molecule has 0 aliphatic heterocycles. The molecule has 0 radical (unpaired) electrons. The predicted octanol–water partition coefficient (Wildman–Crippen LogP) is 2.81. The summed E-state index contributed by atoms with van der Waals surface area (Å²) in [5.41, 5.74) is 8.26. The lowest BCUT2D eigenvalue weighted by atomic mass is 10.0. The quantitative estimate of drug-likeness (QED) is 0.854. The average Bonchev–Trinajstić information content (AvgIpc) is 2.85. The van der Waals surface area contributed by atoms with Gasteiger partial charge in [0.1, 0.15) is 5.82 Å². The van der Waals surface area contributed by atoms with Crippen molar-refractivity contribution in [1.29, 1.82) is 0 Å². The SMILES string of the molecule is CCCNC(c1ccsc1)c1cccnc1N. The van der Waals surface area contributed by atoms with Crippen LogP contribution >= 0.6 is 11.3 Å². The Morgan fingerprint density at radius 2 is 2.35 bits per heavy atom. The van der Waals surface area contributed by atoms with E-state index in [4.69, 9.17) is 5.73 Å². The lowest BCUT2D eigenvalue weighted by Gasteiger charge is -2.19. The Morgan fingerprint density at radius 1 is 1.47 bits per heavy atom. The van der Waals surface area contributed by atoms with Crippen molar-refractivity contribution in [2.24, 2.45) is 0 Å². The summed E-state index contributed by atoms with van der Waals surface area (Å²) < 4.78 is 0. The summed E-state index contributed by atoms with van der Waals surface area (Å²) >= 11 is 1.70. The maximum atomic E-state index is 5.95. The fourth-order valence-electron chi connectivity index (χ4n) is 1.81. The molecular formula is C13H17N3S. The second-order valence-electron chi connectivity index (χ2n) is 3.92. The molecular weight excluding hydrogens is 230 g/mol. The van der Waals surface area contributed by atoms with Crippen molar-refractivity contribution in [1.82, 2.24) is 10.3 Å². The lowest BCUT2D eigenvalue weighted by Crippen LogP contribution is -2.23. The van der Waals surface area contributed by atoms with Gasteiger partial charge in [0.25, 0.3) is 0 Å². The van der Waals surface area contributed by atoms with E-state index < -0.39 is 0 Å². The highest BCUT2D eigenvalue weighted by atomic mass is 32.1. The largest absolute Gasteiger partial charge is 0.383 e. The van der Waals surface area contributed by atoms with Gasteiger partial charge in [-0.25, -0.2) is 4.98 Å². The molecule has 90 valence electrons. The molecule has 4 heteroatoms. The Kier molecular flexibility index (Phi) is 4.12. The molecule has 0 spiro atoms. The van der Waals surface area contributed by atoms with Crippen LogP contribution in [0.15, 0.2) is 35.2 Å². The van der Waals surface area contributed by atoms with Crippen LogP contribution < -0.4 is 11.1 Å². The topological polar surface area (TPSA) is 50.9 Å². The Balaban J connectivity index is 2.30. The van der Waals surface area contributed by atoms with Crippen LogP contribution in [0.3, 0.4) is 0 Å². The molecule has 2 aromatic heterocycles. The first kappa shape index (κ1) is 12.1. The van der Waals surface area contributed by atoms with E-state index in [0.29, 0.717) is 5.82 Å². The summed E-state index contributed by atoms with van der Waals surface area (Å²) in [6.07, 6.45) is 2.82. The van der Waals surface area contributed by atoms with Gasteiger partial charge in [0, 0.05) is 11.8 Å². The van der Waals surface area contributed by atoms with Gasteiger partial charge in [-0.1, -0.05) is 13.0 Å². The minimum Gasteiger partial charge on any atom is -0.383 e. The van der Waals surface area contributed by atoms with Crippen LogP contribution in [-0.2, 0) is 0 Å². The van der Waals surface area contributed by atoms with Crippen LogP contribution in [0.25, 0.3) is 0 Å². The third-order valence-electron chi connectivity index (χ3n) is 2.66. The Hall–Kier alpha value is -1.39. The number of hydrogen-bond donors (Lipinski definition) is 2. The van der Waals surface area contributed by atoms with Gasteiger partial charge in [-0.15, -0.1) is 0 Å². The van der Waals surface area contributed by atoms with Gasteiger partial charge in [-0.3, -0.25) is 0 Å². The average molecular weight is 247 g/mol. The standard InChI is InChI=1S/C13H17N3S/c1-2-6-15-12(10-5-8-17-9-10)11-4-3-7-16-13(11)14/h3-5,7-9,12,15H,2,6H2,1H3,(H2,14,16). The van der Waals surface area contributed by atoms with Crippen molar-refractivity contribution in [3.8, 4) is 0 Å². The molecule has 1 unspecified atom stereocenters. The van der Waals surface area contributed by atoms with E-state index in [1.54, 1.807) is 17.5 Å². The third kappa shape index (κ3) is 2.84. The summed E-state index contributed by atoms with van der Waals surface area (Å²) in [4.78, 5) is 4.16. The van der Waals surface area contributed by atoms with E-state index in [-0.39, 0.29) is 6.04 Å². The van der Waals surface area contributed by atoms with E-state index >= 15 is 0 Å². The van der Waals surface area contributed by atoms with E-state index in [1.165, 1.54) is 5.56 Å². The molecule has 0 fully saturated rings. The van der Waals surface area contributed by atoms with Crippen LogP contribution in [0.5, 0.6) is 0 Å². The van der Waals surface area contributed by atoms with E-state index in [2.05, 4.69) is 34.1 Å². The zero-order chi connectivity index (χ0) is 12.1. The highest BCUT2D eigenvalue weighted by Crippen LogP contribution is 2.26. The smallest absolute Gasteiger partial charge is 0.128 e. The number of nitrogens with two attached hydrogens (primary N) is 1. The van der Waals surface area contributed by atoms with Gasteiger partial charge in [-0.2, -0.15) is 11.3 Å². The summed E-state index contributed by atoms with van der Waals surface area (Å²) in [6, 6.07) is 6.24. The highest BCUT2D eigenvalue weighted by Gasteiger charge is 2.16. The van der Waals surface area contributed by atoms with Gasteiger partial charge in [0.05, 0.1) is 6.04 Å². The van der Waals surface area contributed by atoms with Crippen molar-refractivity contribution in [3.05, 3.63) is 46.3 Å². The van der Waals surface area contributed by atoms with E-state index in [1.807, 2.05) is 12.1 Å². The fourth-order valence-corrected chi connectivity index (χ4v) is 2.50. The Morgan fingerprint density at radius 3 is 3.00 bits per heavy atom. The molecule has 3 nitrogen and oxygen atoms in total. The van der Waals surface area contributed by atoms with Crippen LogP contribution in [0, 0.1) is 0 Å². The zero-order valence-electron chi connectivity index (χ0n) is 9.89. The second-order valence-corrected chi connectivity index (χ2v) is 4.70. The first-order chi connectivity index (χ1) is 8.33. The number of nitrogens with zero attached hydrogens (tertiary/aromatic N) is 1. The molecule has 0 aromatic carbocycles. The molecule has 17 heavy (non-hydrogen) atoms. The number of thiophene rings is 1. The second kappa shape index (κ2) is 5.80. The van der Waals surface area contributed by atoms with E-state index in [9.17, 15) is 0 Å². The first-order valence-electron chi connectivity index (χ1n) is 5.78. The molecule has 0 amide bonds. The zero-order valence-corrected chi connectivity index (χ0v) is 10.7. The molecule has 0 aliphatic rings. The minimum atomic E-state index is 0.148. The fraction of sp³-hybridized carbons (Fsp3) is 0.308. The summed E-state index contributed by atoms with van der Waals surface area (Å²) in [5, 5.41) is 7.75. The van der Waals surface area contributed by atoms with Gasteiger partial charge in [-0.05, 0) is 41.4 Å². The molecule has 0 saturated carbocycles. The highest BCUT2D eigenvalue weighted by molar-refractivity contribution is 7.08. The van der Waals surface area contributed by atoms with Crippen LogP contribution in [0.1, 0.15) is 30.5 Å². The number of hydrogen-bond acceptors (Lipinski definition) is 4. The third-order valence-corrected chi connectivity index (χ3v) is 3.36. The molecule has 2 heterocycles. The molecule has 0 bridgehead atoms. The van der Waals surface area contributed by atoms with Crippen LogP contribution in [0.4, 0.5) is 5.82 Å². The minimum absolute atomic E-state index is 0.148. The predicted molar refractivity (Wildman–Crippen MR) is 73.1 cm³/mol. The maximum absolute atomic E-state index is 5.95. The number of rotatable bonds is 5. The summed E-state index contributed by atoms with van der Waals surface area (Å²) in [7, 11) is 0. The monoisotopic (exact) mass is 247 g/mol. The van der Waals surface area contributed by atoms with Crippen molar-refractivity contribution in [2.45, 2.75) is 19.4 Å². The summed E-state index contributed by atoms with van der Waals surface area (Å²) in [5.74, 6) is 0.604.